The summed E-state index contributed by atoms with van der Waals surface area (Å²) in [7, 11) is 0. The zero-order chi connectivity index (χ0) is 19.7. The van der Waals surface area contributed by atoms with E-state index < -0.39 is 28.3 Å². The zero-order valence-corrected chi connectivity index (χ0v) is 14.6. The topological polar surface area (TPSA) is 139 Å². The molecular weight excluding hydrogens is 359 g/mol. The van der Waals surface area contributed by atoms with Crippen molar-refractivity contribution in [3.8, 4) is 0 Å². The summed E-state index contributed by atoms with van der Waals surface area (Å²) in [6.07, 6.45) is 3.37. The van der Waals surface area contributed by atoms with Crippen LogP contribution in [0.25, 0.3) is 0 Å². The monoisotopic (exact) mass is 380 g/mol. The SMILES string of the molecule is Nc1c(C(=O)NC2CC(N(CC(=O)O)CC3CC3)C2)cc(F)cc1[N+](=O)[O-]. The third-order valence-corrected chi connectivity index (χ3v) is 5.06. The van der Waals surface area contributed by atoms with Gasteiger partial charge < -0.3 is 16.2 Å². The number of carboxylic acid groups (broad SMARTS) is 1. The molecule has 1 amide bonds. The molecule has 0 aromatic heterocycles. The highest BCUT2D eigenvalue weighted by molar-refractivity contribution is 6.01. The van der Waals surface area contributed by atoms with Gasteiger partial charge in [-0.25, -0.2) is 4.39 Å². The van der Waals surface area contributed by atoms with Crippen LogP contribution in [-0.4, -0.2) is 52.0 Å². The van der Waals surface area contributed by atoms with Crippen molar-refractivity contribution in [3.63, 3.8) is 0 Å². The molecule has 0 spiro atoms. The quantitative estimate of drug-likeness (QED) is 0.352. The van der Waals surface area contributed by atoms with E-state index in [1.807, 2.05) is 4.90 Å². The van der Waals surface area contributed by atoms with Crippen LogP contribution in [0.4, 0.5) is 15.8 Å². The van der Waals surface area contributed by atoms with E-state index in [1.165, 1.54) is 0 Å². The van der Waals surface area contributed by atoms with E-state index in [0.717, 1.165) is 25.5 Å². The predicted octanol–water partition coefficient (Wildman–Crippen LogP) is 1.37. The standard InChI is InChI=1S/C17H21FN4O5/c18-10-3-13(16(19)14(4-10)22(26)27)17(25)20-11-5-12(6-11)21(8-15(23)24)7-9-1-2-9/h3-4,9,11-12H,1-2,5-8,19H2,(H,20,25)(H,23,24). The Kier molecular flexibility index (Phi) is 5.26. The molecule has 3 rings (SSSR count). The number of carboxylic acids is 1. The Labute approximate surface area is 154 Å². The van der Waals surface area contributed by atoms with Crippen molar-refractivity contribution in [1.29, 1.82) is 0 Å². The van der Waals surface area contributed by atoms with Gasteiger partial charge in [-0.1, -0.05) is 0 Å². The van der Waals surface area contributed by atoms with Gasteiger partial charge in [-0.2, -0.15) is 0 Å². The summed E-state index contributed by atoms with van der Waals surface area (Å²) in [6, 6.07) is 1.40. The molecule has 2 aliphatic carbocycles. The van der Waals surface area contributed by atoms with Gasteiger partial charge in [0.1, 0.15) is 11.5 Å². The Morgan fingerprint density at radius 3 is 2.59 bits per heavy atom. The molecule has 1 aromatic carbocycles. The van der Waals surface area contributed by atoms with Gasteiger partial charge in [0.15, 0.2) is 0 Å². The zero-order valence-electron chi connectivity index (χ0n) is 14.6. The van der Waals surface area contributed by atoms with Crippen LogP contribution in [0, 0.1) is 21.8 Å². The first-order valence-corrected chi connectivity index (χ1v) is 8.74. The van der Waals surface area contributed by atoms with Crippen LogP contribution in [0.5, 0.6) is 0 Å². The van der Waals surface area contributed by atoms with E-state index in [2.05, 4.69) is 5.32 Å². The maximum Gasteiger partial charge on any atom is 0.317 e. The van der Waals surface area contributed by atoms with Gasteiger partial charge in [0, 0.05) is 18.6 Å². The highest BCUT2D eigenvalue weighted by Crippen LogP contribution is 2.34. The number of nitrogens with zero attached hydrogens (tertiary/aromatic N) is 2. The third-order valence-electron chi connectivity index (χ3n) is 5.06. The second-order valence-electron chi connectivity index (χ2n) is 7.21. The van der Waals surface area contributed by atoms with Crippen molar-refractivity contribution in [2.75, 3.05) is 18.8 Å². The number of carbonyl (C=O) groups excluding carboxylic acids is 1. The van der Waals surface area contributed by atoms with Crippen LogP contribution in [-0.2, 0) is 4.79 Å². The molecule has 0 bridgehead atoms. The van der Waals surface area contributed by atoms with Crippen LogP contribution in [0.2, 0.25) is 0 Å². The van der Waals surface area contributed by atoms with Crippen molar-refractivity contribution < 1.29 is 24.0 Å². The summed E-state index contributed by atoms with van der Waals surface area (Å²) >= 11 is 0. The summed E-state index contributed by atoms with van der Waals surface area (Å²) in [5.74, 6) is -1.93. The van der Waals surface area contributed by atoms with Crippen molar-refractivity contribution in [2.45, 2.75) is 37.8 Å². The Hall–Kier alpha value is -2.75. The minimum atomic E-state index is -0.912. The van der Waals surface area contributed by atoms with E-state index in [0.29, 0.717) is 24.8 Å². The van der Waals surface area contributed by atoms with E-state index in [9.17, 15) is 24.1 Å². The maximum absolute atomic E-state index is 13.6. The van der Waals surface area contributed by atoms with Crippen LogP contribution < -0.4 is 11.1 Å². The van der Waals surface area contributed by atoms with Crippen LogP contribution in [0.15, 0.2) is 12.1 Å². The molecular formula is C17H21FN4O5. The molecule has 2 fully saturated rings. The number of carbonyl (C=O) groups is 2. The highest BCUT2D eigenvalue weighted by Gasteiger charge is 2.38. The summed E-state index contributed by atoms with van der Waals surface area (Å²) < 4.78 is 13.6. The lowest BCUT2D eigenvalue weighted by atomic mass is 9.85. The van der Waals surface area contributed by atoms with Crippen molar-refractivity contribution in [3.05, 3.63) is 33.6 Å². The number of nitrogens with one attached hydrogen (secondary N) is 1. The molecule has 1 aromatic rings. The third kappa shape index (κ3) is 4.51. The minimum Gasteiger partial charge on any atom is -0.480 e. The Balaban J connectivity index is 1.60. The lowest BCUT2D eigenvalue weighted by Gasteiger charge is -2.42. The number of benzene rings is 1. The number of halogens is 1. The summed E-state index contributed by atoms with van der Waals surface area (Å²) in [4.78, 5) is 35.4. The molecule has 0 atom stereocenters. The summed E-state index contributed by atoms with van der Waals surface area (Å²) in [5.41, 5.74) is 4.34. The van der Waals surface area contributed by atoms with Gasteiger partial charge in [0.2, 0.25) is 0 Å². The van der Waals surface area contributed by atoms with Crippen molar-refractivity contribution >= 4 is 23.3 Å². The van der Waals surface area contributed by atoms with Crippen LogP contribution >= 0.6 is 0 Å². The number of rotatable bonds is 8. The summed E-state index contributed by atoms with van der Waals surface area (Å²) in [6.45, 7) is 0.700. The van der Waals surface area contributed by atoms with Crippen LogP contribution in [0.3, 0.4) is 0 Å². The molecule has 0 unspecified atom stereocenters. The number of hydrogen-bond donors (Lipinski definition) is 3. The number of aliphatic carboxylic acids is 1. The molecule has 146 valence electrons. The second kappa shape index (κ2) is 7.47. The van der Waals surface area contributed by atoms with Gasteiger partial charge >= 0.3 is 5.97 Å². The van der Waals surface area contributed by atoms with Crippen molar-refractivity contribution in [1.82, 2.24) is 10.2 Å². The van der Waals surface area contributed by atoms with Gasteiger partial charge in [0.25, 0.3) is 11.6 Å². The molecule has 0 aliphatic heterocycles. The van der Waals surface area contributed by atoms with Gasteiger partial charge in [0.05, 0.1) is 23.1 Å². The first-order chi connectivity index (χ1) is 12.7. The highest BCUT2D eigenvalue weighted by atomic mass is 19.1. The Morgan fingerprint density at radius 2 is 2.04 bits per heavy atom. The largest absolute Gasteiger partial charge is 0.480 e. The molecule has 2 saturated carbocycles. The molecule has 27 heavy (non-hydrogen) atoms. The number of nitrogens with two attached hydrogens (primary N) is 1. The smallest absolute Gasteiger partial charge is 0.317 e. The second-order valence-corrected chi connectivity index (χ2v) is 7.21. The molecule has 0 saturated heterocycles. The minimum absolute atomic E-state index is 0.0368. The van der Waals surface area contributed by atoms with Gasteiger partial charge in [-0.05, 0) is 37.7 Å². The molecule has 0 radical (unpaired) electrons. The molecule has 2 aliphatic rings. The van der Waals surface area contributed by atoms with E-state index in [-0.39, 0.29) is 29.9 Å². The Morgan fingerprint density at radius 1 is 1.37 bits per heavy atom. The average Bonchev–Trinajstić information content (AvgIpc) is 3.34. The summed E-state index contributed by atoms with van der Waals surface area (Å²) in [5, 5.41) is 22.7. The normalized spacial score (nSPS) is 21.6. The maximum atomic E-state index is 13.6. The van der Waals surface area contributed by atoms with Gasteiger partial charge in [-0.3, -0.25) is 24.6 Å². The number of hydrogen-bond acceptors (Lipinski definition) is 6. The molecule has 9 nitrogen and oxygen atoms in total. The molecule has 10 heteroatoms. The lowest BCUT2D eigenvalue weighted by Crippen LogP contribution is -2.55. The van der Waals surface area contributed by atoms with E-state index in [1.54, 1.807) is 0 Å². The predicted molar refractivity (Wildman–Crippen MR) is 93.7 cm³/mol. The molecule has 4 N–H and O–H groups in total. The number of nitro benzene ring substituents is 1. The number of anilines is 1. The number of amides is 1. The molecule has 0 heterocycles. The van der Waals surface area contributed by atoms with E-state index in [4.69, 9.17) is 10.8 Å². The number of nitro groups is 1. The lowest BCUT2D eigenvalue weighted by molar-refractivity contribution is -0.384. The fourth-order valence-corrected chi connectivity index (χ4v) is 3.36. The Bertz CT molecular complexity index is 777. The number of nitrogen functional groups attached to an aromatic ring is 1. The van der Waals surface area contributed by atoms with Crippen LogP contribution in [0.1, 0.15) is 36.0 Å². The van der Waals surface area contributed by atoms with Gasteiger partial charge in [-0.15, -0.1) is 0 Å². The fraction of sp³-hybridized carbons (Fsp3) is 0.529. The first kappa shape index (κ1) is 19.0. The first-order valence-electron chi connectivity index (χ1n) is 8.74. The fourth-order valence-electron chi connectivity index (χ4n) is 3.36. The van der Waals surface area contributed by atoms with Crippen molar-refractivity contribution in [2.24, 2.45) is 5.92 Å². The van der Waals surface area contributed by atoms with E-state index >= 15 is 0 Å². The average molecular weight is 380 g/mol.